The number of benzene rings is 2. The van der Waals surface area contributed by atoms with E-state index < -0.39 is 10.0 Å². The molecule has 0 saturated carbocycles. The van der Waals surface area contributed by atoms with E-state index in [0.717, 1.165) is 21.8 Å². The summed E-state index contributed by atoms with van der Waals surface area (Å²) in [6, 6.07) is 12.7. The van der Waals surface area contributed by atoms with Crippen LogP contribution in [0.1, 0.15) is 20.9 Å². The van der Waals surface area contributed by atoms with Gasteiger partial charge in [-0.3, -0.25) is 9.10 Å². The average Bonchev–Trinajstić information content (AvgIpc) is 3.27. The molecule has 28 heavy (non-hydrogen) atoms. The number of hydrogen-bond donors (Lipinski definition) is 1. The number of sulfonamides is 1. The summed E-state index contributed by atoms with van der Waals surface area (Å²) < 4.78 is 25.1. The Labute approximate surface area is 167 Å². The van der Waals surface area contributed by atoms with Crippen LogP contribution in [0, 0.1) is 6.92 Å². The molecule has 2 heterocycles. The molecular formula is C20H19N3O3S2. The predicted molar refractivity (Wildman–Crippen MR) is 113 cm³/mol. The van der Waals surface area contributed by atoms with Crippen LogP contribution >= 0.6 is 11.3 Å². The van der Waals surface area contributed by atoms with Crippen LogP contribution in [-0.2, 0) is 16.4 Å². The molecule has 1 aliphatic heterocycles. The first-order chi connectivity index (χ1) is 13.3. The van der Waals surface area contributed by atoms with E-state index in [1.54, 1.807) is 29.5 Å². The van der Waals surface area contributed by atoms with Crippen molar-refractivity contribution in [3.05, 3.63) is 64.0 Å². The minimum atomic E-state index is -3.30. The van der Waals surface area contributed by atoms with E-state index in [9.17, 15) is 13.2 Å². The van der Waals surface area contributed by atoms with Crippen LogP contribution < -0.4 is 9.62 Å². The van der Waals surface area contributed by atoms with Crippen molar-refractivity contribution in [2.24, 2.45) is 0 Å². The van der Waals surface area contributed by atoms with Crippen molar-refractivity contribution in [1.82, 2.24) is 4.98 Å². The lowest BCUT2D eigenvalue weighted by Gasteiger charge is -2.16. The third-order valence-corrected chi connectivity index (χ3v) is 6.58. The van der Waals surface area contributed by atoms with Gasteiger partial charge in [0.15, 0.2) is 0 Å². The molecular weight excluding hydrogens is 394 g/mol. The van der Waals surface area contributed by atoms with Gasteiger partial charge in [0.2, 0.25) is 10.0 Å². The Morgan fingerprint density at radius 1 is 1.21 bits per heavy atom. The van der Waals surface area contributed by atoms with Gasteiger partial charge < -0.3 is 5.32 Å². The number of hydrogen-bond acceptors (Lipinski definition) is 5. The van der Waals surface area contributed by atoms with Crippen LogP contribution in [0.2, 0.25) is 0 Å². The third-order valence-electron chi connectivity index (χ3n) is 4.63. The van der Waals surface area contributed by atoms with Crippen LogP contribution in [-0.4, -0.2) is 32.1 Å². The van der Waals surface area contributed by atoms with Crippen molar-refractivity contribution in [3.63, 3.8) is 0 Å². The predicted octanol–water partition coefficient (Wildman–Crippen LogP) is 3.69. The molecule has 0 bridgehead atoms. The molecule has 144 valence electrons. The normalized spacial score (nSPS) is 13.4. The van der Waals surface area contributed by atoms with Gasteiger partial charge in [0, 0.05) is 28.7 Å². The quantitative estimate of drug-likeness (QED) is 0.707. The Morgan fingerprint density at radius 3 is 2.75 bits per heavy atom. The van der Waals surface area contributed by atoms with Crippen molar-refractivity contribution >= 4 is 38.6 Å². The van der Waals surface area contributed by atoms with E-state index in [-0.39, 0.29) is 5.91 Å². The number of carbonyl (C=O) groups is 1. The second-order valence-corrected chi connectivity index (χ2v) is 9.68. The van der Waals surface area contributed by atoms with Crippen LogP contribution in [0.5, 0.6) is 0 Å². The molecule has 8 heteroatoms. The number of aryl methyl sites for hydroxylation is 1. The lowest BCUT2D eigenvalue weighted by atomic mass is 10.1. The lowest BCUT2D eigenvalue weighted by molar-refractivity contribution is 0.102. The first-order valence-corrected chi connectivity index (χ1v) is 11.5. The molecule has 4 rings (SSSR count). The van der Waals surface area contributed by atoms with Crippen LogP contribution in [0.25, 0.3) is 11.3 Å². The molecule has 0 unspecified atom stereocenters. The molecule has 1 N–H and O–H groups in total. The van der Waals surface area contributed by atoms with Crippen LogP contribution in [0.15, 0.2) is 47.8 Å². The number of fused-ring (bicyclic) bond motifs is 1. The topological polar surface area (TPSA) is 79.4 Å². The van der Waals surface area contributed by atoms with Crippen LogP contribution in [0.3, 0.4) is 0 Å². The lowest BCUT2D eigenvalue weighted by Crippen LogP contribution is -2.27. The number of thiazole rings is 1. The maximum absolute atomic E-state index is 12.7. The molecule has 2 aromatic carbocycles. The van der Waals surface area contributed by atoms with Crippen molar-refractivity contribution in [1.29, 1.82) is 0 Å². The van der Waals surface area contributed by atoms with Gasteiger partial charge in [-0.1, -0.05) is 12.1 Å². The van der Waals surface area contributed by atoms with E-state index in [1.807, 2.05) is 36.6 Å². The Balaban J connectivity index is 1.55. The van der Waals surface area contributed by atoms with Crippen LogP contribution in [0.4, 0.5) is 11.4 Å². The van der Waals surface area contributed by atoms with E-state index in [2.05, 4.69) is 10.3 Å². The fourth-order valence-electron chi connectivity index (χ4n) is 3.31. The van der Waals surface area contributed by atoms with Gasteiger partial charge in [0.25, 0.3) is 5.91 Å². The Morgan fingerprint density at radius 2 is 2.04 bits per heavy atom. The van der Waals surface area contributed by atoms with Gasteiger partial charge in [-0.25, -0.2) is 13.4 Å². The molecule has 0 spiro atoms. The largest absolute Gasteiger partial charge is 0.322 e. The molecule has 0 radical (unpaired) electrons. The number of carbonyl (C=O) groups excluding carboxylic acids is 1. The second kappa shape index (κ2) is 7.03. The standard InChI is InChI=1S/C20H19N3O3S2/c1-13-21-18(12-27-13)14-4-3-5-17(11-14)22-20(24)16-6-7-19-15(10-16)8-9-23(19)28(2,25)26/h3-7,10-12H,8-9H2,1-2H3,(H,22,24). The highest BCUT2D eigenvalue weighted by atomic mass is 32.2. The summed E-state index contributed by atoms with van der Waals surface area (Å²) in [4.78, 5) is 17.2. The molecule has 1 aromatic heterocycles. The SMILES string of the molecule is Cc1nc(-c2cccc(NC(=O)c3ccc4c(c3)CCN4S(C)(=O)=O)c2)cs1. The summed E-state index contributed by atoms with van der Waals surface area (Å²) in [5.74, 6) is -0.229. The fourth-order valence-corrected chi connectivity index (χ4v) is 4.89. The molecule has 0 saturated heterocycles. The average molecular weight is 414 g/mol. The number of amides is 1. The fraction of sp³-hybridized carbons (Fsp3) is 0.200. The highest BCUT2D eigenvalue weighted by Crippen LogP contribution is 2.31. The van der Waals surface area contributed by atoms with Gasteiger partial charge in [0.1, 0.15) is 0 Å². The maximum atomic E-state index is 12.7. The highest BCUT2D eigenvalue weighted by Gasteiger charge is 2.26. The summed E-state index contributed by atoms with van der Waals surface area (Å²) in [6.07, 6.45) is 1.79. The van der Waals surface area contributed by atoms with Gasteiger partial charge in [-0.05, 0) is 49.2 Å². The molecule has 0 fully saturated rings. The summed E-state index contributed by atoms with van der Waals surface area (Å²) in [5.41, 5.74) is 4.54. The van der Waals surface area contributed by atoms with E-state index in [1.165, 1.54) is 10.6 Å². The zero-order valence-corrected chi connectivity index (χ0v) is 17.1. The summed E-state index contributed by atoms with van der Waals surface area (Å²) in [6.45, 7) is 2.37. The molecule has 0 atom stereocenters. The van der Waals surface area contributed by atoms with Gasteiger partial charge in [-0.2, -0.15) is 0 Å². The Hall–Kier alpha value is -2.71. The van der Waals surface area contributed by atoms with Crippen molar-refractivity contribution < 1.29 is 13.2 Å². The van der Waals surface area contributed by atoms with Crippen molar-refractivity contribution in [2.75, 3.05) is 22.4 Å². The second-order valence-electron chi connectivity index (χ2n) is 6.72. The van der Waals surface area contributed by atoms with E-state index in [0.29, 0.717) is 29.9 Å². The first-order valence-electron chi connectivity index (χ1n) is 8.76. The third kappa shape index (κ3) is 3.65. The molecule has 1 aliphatic rings. The highest BCUT2D eigenvalue weighted by molar-refractivity contribution is 7.92. The van der Waals surface area contributed by atoms with Crippen molar-refractivity contribution in [3.8, 4) is 11.3 Å². The molecule has 3 aromatic rings. The summed E-state index contributed by atoms with van der Waals surface area (Å²) >= 11 is 1.58. The first kappa shape index (κ1) is 18.6. The number of aromatic nitrogens is 1. The van der Waals surface area contributed by atoms with Gasteiger partial charge in [-0.15, -0.1) is 11.3 Å². The number of nitrogens with zero attached hydrogens (tertiary/aromatic N) is 2. The zero-order chi connectivity index (χ0) is 19.9. The minimum Gasteiger partial charge on any atom is -0.322 e. The summed E-state index contributed by atoms with van der Waals surface area (Å²) in [7, 11) is -3.30. The monoisotopic (exact) mass is 413 g/mol. The Bertz CT molecular complexity index is 1170. The number of nitrogens with one attached hydrogen (secondary N) is 1. The smallest absolute Gasteiger partial charge is 0.255 e. The molecule has 6 nitrogen and oxygen atoms in total. The zero-order valence-electron chi connectivity index (χ0n) is 15.5. The van der Waals surface area contributed by atoms with Gasteiger partial charge >= 0.3 is 0 Å². The van der Waals surface area contributed by atoms with E-state index in [4.69, 9.17) is 0 Å². The minimum absolute atomic E-state index is 0.229. The number of rotatable bonds is 4. The van der Waals surface area contributed by atoms with Gasteiger partial charge in [0.05, 0.1) is 22.6 Å². The number of anilines is 2. The molecule has 1 amide bonds. The van der Waals surface area contributed by atoms with E-state index >= 15 is 0 Å². The molecule has 0 aliphatic carbocycles. The summed E-state index contributed by atoms with van der Waals surface area (Å²) in [5, 5.41) is 5.89. The maximum Gasteiger partial charge on any atom is 0.255 e. The van der Waals surface area contributed by atoms with Crippen molar-refractivity contribution in [2.45, 2.75) is 13.3 Å². The Kier molecular flexibility index (Phi) is 4.68.